The standard InChI is InChI=1S/C14H17F11N2O2/c1-26(2-3-27-4-6-29-7-5-27)9(28)12(20,21)14(24,25)13(22,23)10(15,16)8-11(17,18)19/h2-8H2,1H3. The lowest BCUT2D eigenvalue weighted by Crippen LogP contribution is -2.66. The van der Waals surface area contributed by atoms with Crippen molar-refractivity contribution in [1.29, 1.82) is 0 Å². The molecule has 1 aliphatic heterocycles. The Balaban J connectivity index is 2.98. The number of likely N-dealkylation sites (N-methyl/N-ethyl adjacent to an activating group) is 1. The summed E-state index contributed by atoms with van der Waals surface area (Å²) in [5, 5.41) is 0. The molecule has 0 N–H and O–H groups in total. The van der Waals surface area contributed by atoms with Gasteiger partial charge >= 0.3 is 29.9 Å². The average Bonchev–Trinajstić information content (AvgIpc) is 2.57. The largest absolute Gasteiger partial charge is 0.395 e. The van der Waals surface area contributed by atoms with Crippen LogP contribution in [0, 0.1) is 0 Å². The average molecular weight is 454 g/mol. The van der Waals surface area contributed by atoms with Crippen molar-refractivity contribution in [1.82, 2.24) is 9.80 Å². The van der Waals surface area contributed by atoms with Crippen molar-refractivity contribution in [3.8, 4) is 0 Å². The summed E-state index contributed by atoms with van der Waals surface area (Å²) in [7, 11) is 0.540. The molecule has 0 bridgehead atoms. The first-order valence-electron chi connectivity index (χ1n) is 8.00. The summed E-state index contributed by atoms with van der Waals surface area (Å²) >= 11 is 0. The molecule has 0 aromatic heterocycles. The van der Waals surface area contributed by atoms with Crippen LogP contribution in [-0.2, 0) is 9.53 Å². The van der Waals surface area contributed by atoms with Crippen LogP contribution in [0.1, 0.15) is 6.42 Å². The monoisotopic (exact) mass is 454 g/mol. The Morgan fingerprint density at radius 3 is 1.83 bits per heavy atom. The van der Waals surface area contributed by atoms with Crippen LogP contribution in [0.4, 0.5) is 48.3 Å². The third-order valence-electron chi connectivity index (χ3n) is 4.14. The Kier molecular flexibility index (Phi) is 7.43. The van der Waals surface area contributed by atoms with Gasteiger partial charge in [-0.2, -0.15) is 48.3 Å². The number of hydrogen-bond donors (Lipinski definition) is 0. The molecule has 1 amide bonds. The molecule has 0 spiro atoms. The SMILES string of the molecule is CN(CCN1CCOCC1)C(=O)C(F)(F)C(F)(F)C(F)(F)C(F)(F)CC(F)(F)F. The molecule has 29 heavy (non-hydrogen) atoms. The molecule has 0 aromatic rings. The van der Waals surface area contributed by atoms with Gasteiger partial charge in [0.25, 0.3) is 5.91 Å². The van der Waals surface area contributed by atoms with Gasteiger partial charge in [0.05, 0.1) is 13.2 Å². The van der Waals surface area contributed by atoms with E-state index in [4.69, 9.17) is 4.74 Å². The molecule has 0 radical (unpaired) electrons. The summed E-state index contributed by atoms with van der Waals surface area (Å²) in [5.41, 5.74) is 0. The van der Waals surface area contributed by atoms with Gasteiger partial charge in [-0.05, 0) is 0 Å². The number of carbonyl (C=O) groups is 1. The van der Waals surface area contributed by atoms with E-state index in [2.05, 4.69) is 0 Å². The van der Waals surface area contributed by atoms with E-state index in [0.29, 0.717) is 20.1 Å². The number of halogens is 11. The predicted octanol–water partition coefficient (Wildman–Crippen LogP) is 3.27. The summed E-state index contributed by atoms with van der Waals surface area (Å²) in [4.78, 5) is 13.1. The first-order chi connectivity index (χ1) is 12.9. The quantitative estimate of drug-likeness (QED) is 0.528. The minimum absolute atomic E-state index is 0.0820. The first kappa shape index (κ1) is 25.7. The number of ether oxygens (including phenoxy) is 1. The number of carbonyl (C=O) groups excluding carboxylic acids is 1. The number of alkyl halides is 11. The van der Waals surface area contributed by atoms with Gasteiger partial charge in [-0.15, -0.1) is 0 Å². The zero-order valence-electron chi connectivity index (χ0n) is 14.8. The summed E-state index contributed by atoms with van der Waals surface area (Å²) < 4.78 is 149. The van der Waals surface area contributed by atoms with E-state index >= 15 is 0 Å². The molecule has 1 rings (SSSR count). The van der Waals surface area contributed by atoms with Gasteiger partial charge < -0.3 is 9.64 Å². The zero-order chi connectivity index (χ0) is 22.9. The van der Waals surface area contributed by atoms with E-state index < -0.39 is 48.7 Å². The summed E-state index contributed by atoms with van der Waals surface area (Å²) in [6.45, 7) is 0.314. The van der Waals surface area contributed by atoms with Crippen LogP contribution in [-0.4, -0.2) is 92.0 Å². The van der Waals surface area contributed by atoms with E-state index in [1.54, 1.807) is 4.90 Å². The maximum absolute atomic E-state index is 13.8. The molecule has 4 nitrogen and oxygen atoms in total. The molecular formula is C14H17F11N2O2. The van der Waals surface area contributed by atoms with E-state index in [1.807, 2.05) is 0 Å². The highest BCUT2D eigenvalue weighted by molar-refractivity contribution is 5.84. The Labute approximate surface area is 157 Å². The Hall–Kier alpha value is -1.38. The van der Waals surface area contributed by atoms with Crippen molar-refractivity contribution in [3.05, 3.63) is 0 Å². The van der Waals surface area contributed by atoms with Gasteiger partial charge in [0.1, 0.15) is 6.42 Å². The fraction of sp³-hybridized carbons (Fsp3) is 0.929. The predicted molar refractivity (Wildman–Crippen MR) is 75.4 cm³/mol. The molecule has 0 saturated carbocycles. The summed E-state index contributed by atoms with van der Waals surface area (Å²) in [5.74, 6) is -30.2. The lowest BCUT2D eigenvalue weighted by Gasteiger charge is -2.37. The highest BCUT2D eigenvalue weighted by Gasteiger charge is 2.83. The molecular weight excluding hydrogens is 437 g/mol. The molecule has 0 unspecified atom stereocenters. The van der Waals surface area contributed by atoms with Crippen molar-refractivity contribution in [3.63, 3.8) is 0 Å². The van der Waals surface area contributed by atoms with Crippen molar-refractivity contribution in [2.75, 3.05) is 46.4 Å². The third-order valence-corrected chi connectivity index (χ3v) is 4.14. The van der Waals surface area contributed by atoms with Crippen LogP contribution in [0.15, 0.2) is 0 Å². The zero-order valence-corrected chi connectivity index (χ0v) is 14.8. The number of morpholine rings is 1. The Morgan fingerprint density at radius 1 is 0.897 bits per heavy atom. The minimum Gasteiger partial charge on any atom is -0.379 e. The maximum Gasteiger partial charge on any atom is 0.395 e. The Bertz CT molecular complexity index is 574. The Morgan fingerprint density at radius 2 is 1.38 bits per heavy atom. The fourth-order valence-electron chi connectivity index (χ4n) is 2.38. The number of amides is 1. The smallest absolute Gasteiger partial charge is 0.379 e. The summed E-state index contributed by atoms with van der Waals surface area (Å²) in [6.07, 6.45) is -9.84. The van der Waals surface area contributed by atoms with Crippen LogP contribution >= 0.6 is 0 Å². The first-order valence-corrected chi connectivity index (χ1v) is 8.00. The minimum atomic E-state index is -7.17. The molecule has 0 aromatic carbocycles. The molecule has 1 fully saturated rings. The van der Waals surface area contributed by atoms with Gasteiger partial charge in [-0.1, -0.05) is 0 Å². The van der Waals surface area contributed by atoms with E-state index in [9.17, 15) is 53.1 Å². The molecule has 172 valence electrons. The molecule has 0 atom stereocenters. The molecule has 1 aliphatic rings. The number of nitrogens with zero attached hydrogens (tertiary/aromatic N) is 2. The second-order valence-electron chi connectivity index (χ2n) is 6.40. The van der Waals surface area contributed by atoms with E-state index in [1.165, 1.54) is 0 Å². The second kappa shape index (κ2) is 8.40. The normalized spacial score (nSPS) is 18.1. The van der Waals surface area contributed by atoms with Gasteiger partial charge in [0, 0.05) is 33.2 Å². The molecule has 1 heterocycles. The van der Waals surface area contributed by atoms with Gasteiger partial charge in [-0.3, -0.25) is 9.69 Å². The van der Waals surface area contributed by atoms with Crippen molar-refractivity contribution < 1.29 is 57.8 Å². The maximum atomic E-state index is 13.8. The van der Waals surface area contributed by atoms with Crippen LogP contribution in [0.5, 0.6) is 0 Å². The fourth-order valence-corrected chi connectivity index (χ4v) is 2.38. The molecule has 0 aliphatic carbocycles. The highest BCUT2D eigenvalue weighted by Crippen LogP contribution is 2.55. The highest BCUT2D eigenvalue weighted by atomic mass is 19.4. The lowest BCUT2D eigenvalue weighted by atomic mass is 9.95. The molecule has 15 heteroatoms. The van der Waals surface area contributed by atoms with Crippen molar-refractivity contribution in [2.24, 2.45) is 0 Å². The summed E-state index contributed by atoms with van der Waals surface area (Å²) in [6, 6.07) is 0. The van der Waals surface area contributed by atoms with Gasteiger partial charge in [0.15, 0.2) is 0 Å². The lowest BCUT2D eigenvalue weighted by molar-refractivity contribution is -0.370. The second-order valence-corrected chi connectivity index (χ2v) is 6.40. The van der Waals surface area contributed by atoms with Crippen LogP contribution < -0.4 is 0 Å². The van der Waals surface area contributed by atoms with E-state index in [0.717, 1.165) is 0 Å². The van der Waals surface area contributed by atoms with Crippen molar-refractivity contribution >= 4 is 5.91 Å². The topological polar surface area (TPSA) is 32.8 Å². The number of hydrogen-bond acceptors (Lipinski definition) is 3. The van der Waals surface area contributed by atoms with Crippen molar-refractivity contribution in [2.45, 2.75) is 36.3 Å². The van der Waals surface area contributed by atoms with E-state index in [-0.39, 0.29) is 24.7 Å². The van der Waals surface area contributed by atoms with Gasteiger partial charge in [0.2, 0.25) is 0 Å². The number of rotatable bonds is 8. The third kappa shape index (κ3) is 5.41. The van der Waals surface area contributed by atoms with Crippen LogP contribution in [0.25, 0.3) is 0 Å². The van der Waals surface area contributed by atoms with Gasteiger partial charge in [-0.25, -0.2) is 0 Å². The van der Waals surface area contributed by atoms with Crippen LogP contribution in [0.3, 0.4) is 0 Å². The van der Waals surface area contributed by atoms with Crippen LogP contribution in [0.2, 0.25) is 0 Å². The molecule has 1 saturated heterocycles.